The van der Waals surface area contributed by atoms with Gasteiger partial charge in [-0.05, 0) is 42.3 Å². The topological polar surface area (TPSA) is 52.9 Å². The molecule has 3 aromatic rings. The van der Waals surface area contributed by atoms with E-state index in [1.807, 2.05) is 35.3 Å². The molecule has 4 heteroatoms. The first-order valence-corrected chi connectivity index (χ1v) is 8.94. The summed E-state index contributed by atoms with van der Waals surface area (Å²) in [7, 11) is 0. The van der Waals surface area contributed by atoms with Gasteiger partial charge in [-0.1, -0.05) is 60.2 Å². The van der Waals surface area contributed by atoms with Gasteiger partial charge in [0.25, 0.3) is 0 Å². The fraction of sp³-hybridized carbons (Fsp3) is 0.130. The van der Waals surface area contributed by atoms with Crippen molar-refractivity contribution in [3.63, 3.8) is 0 Å². The third kappa shape index (κ3) is 3.47. The molecule has 1 aliphatic heterocycles. The Bertz CT molecular complexity index is 977. The second-order valence-corrected chi connectivity index (χ2v) is 6.74. The van der Waals surface area contributed by atoms with Crippen molar-refractivity contribution >= 4 is 17.4 Å². The Morgan fingerprint density at radius 2 is 1.63 bits per heavy atom. The molecule has 0 saturated carbocycles. The molecule has 1 aliphatic rings. The molecule has 0 radical (unpaired) electrons. The highest BCUT2D eigenvalue weighted by Crippen LogP contribution is 2.36. The SMILES string of the molecule is Cc1ccc([C@@H]2CC(c3ccccc3)=NN2c2ccc(C(=O)O)cc2)cc1. The average Bonchev–Trinajstić information content (AvgIpc) is 3.15. The number of carboxylic acid groups (broad SMARTS) is 1. The van der Waals surface area contributed by atoms with E-state index >= 15 is 0 Å². The Balaban J connectivity index is 1.73. The van der Waals surface area contributed by atoms with Gasteiger partial charge in [0, 0.05) is 6.42 Å². The van der Waals surface area contributed by atoms with Crippen molar-refractivity contribution in [2.45, 2.75) is 19.4 Å². The highest BCUT2D eigenvalue weighted by molar-refractivity contribution is 6.03. The minimum absolute atomic E-state index is 0.0801. The average molecular weight is 356 g/mol. The number of benzene rings is 3. The zero-order valence-electron chi connectivity index (χ0n) is 15.0. The van der Waals surface area contributed by atoms with E-state index in [9.17, 15) is 4.79 Å². The fourth-order valence-electron chi connectivity index (χ4n) is 3.36. The van der Waals surface area contributed by atoms with Crippen LogP contribution in [0, 0.1) is 6.92 Å². The predicted molar refractivity (Wildman–Crippen MR) is 107 cm³/mol. The van der Waals surface area contributed by atoms with Crippen LogP contribution < -0.4 is 5.01 Å². The van der Waals surface area contributed by atoms with Crippen LogP contribution in [-0.4, -0.2) is 16.8 Å². The Morgan fingerprint density at radius 1 is 0.963 bits per heavy atom. The summed E-state index contributed by atoms with van der Waals surface area (Å²) in [5.41, 5.74) is 5.72. The van der Waals surface area contributed by atoms with Gasteiger partial charge in [0.15, 0.2) is 0 Å². The number of nitrogens with zero attached hydrogens (tertiary/aromatic N) is 2. The van der Waals surface area contributed by atoms with Gasteiger partial charge in [-0.15, -0.1) is 0 Å². The highest BCUT2D eigenvalue weighted by atomic mass is 16.4. The Hall–Kier alpha value is -3.40. The monoisotopic (exact) mass is 356 g/mol. The van der Waals surface area contributed by atoms with Gasteiger partial charge in [-0.2, -0.15) is 5.10 Å². The fourth-order valence-corrected chi connectivity index (χ4v) is 3.36. The largest absolute Gasteiger partial charge is 0.478 e. The van der Waals surface area contributed by atoms with E-state index in [1.165, 1.54) is 11.1 Å². The maximum absolute atomic E-state index is 11.1. The van der Waals surface area contributed by atoms with Crippen LogP contribution in [0.25, 0.3) is 0 Å². The van der Waals surface area contributed by atoms with E-state index in [4.69, 9.17) is 10.2 Å². The first kappa shape index (κ1) is 17.0. The van der Waals surface area contributed by atoms with Crippen LogP contribution in [0.15, 0.2) is 84.0 Å². The molecule has 0 unspecified atom stereocenters. The van der Waals surface area contributed by atoms with Gasteiger partial charge < -0.3 is 5.11 Å². The van der Waals surface area contributed by atoms with Gasteiger partial charge >= 0.3 is 5.97 Å². The number of aromatic carboxylic acids is 1. The number of aryl methyl sites for hydroxylation is 1. The van der Waals surface area contributed by atoms with Crippen molar-refractivity contribution in [3.05, 3.63) is 101 Å². The third-order valence-electron chi connectivity index (χ3n) is 4.86. The van der Waals surface area contributed by atoms with Gasteiger partial charge in [-0.3, -0.25) is 5.01 Å². The zero-order valence-corrected chi connectivity index (χ0v) is 15.0. The molecule has 1 heterocycles. The summed E-state index contributed by atoms with van der Waals surface area (Å²) in [6, 6.07) is 25.7. The molecule has 0 saturated heterocycles. The Kier molecular flexibility index (Phi) is 4.47. The van der Waals surface area contributed by atoms with Gasteiger partial charge in [0.2, 0.25) is 0 Å². The smallest absolute Gasteiger partial charge is 0.335 e. The quantitative estimate of drug-likeness (QED) is 0.712. The van der Waals surface area contributed by atoms with Crippen molar-refractivity contribution in [2.24, 2.45) is 5.10 Å². The molecule has 3 aromatic carbocycles. The van der Waals surface area contributed by atoms with Gasteiger partial charge in [0.05, 0.1) is 23.0 Å². The number of carbonyl (C=O) groups is 1. The number of hydrazone groups is 1. The summed E-state index contributed by atoms with van der Waals surface area (Å²) in [5.74, 6) is -0.925. The summed E-state index contributed by atoms with van der Waals surface area (Å²) in [5, 5.41) is 16.0. The molecule has 0 spiro atoms. The van der Waals surface area contributed by atoms with Gasteiger partial charge in [0.1, 0.15) is 0 Å². The number of anilines is 1. The molecular formula is C23H20N2O2. The second kappa shape index (κ2) is 7.08. The third-order valence-corrected chi connectivity index (χ3v) is 4.86. The minimum atomic E-state index is -0.925. The van der Waals surface area contributed by atoms with Crippen LogP contribution in [0.5, 0.6) is 0 Å². The van der Waals surface area contributed by atoms with E-state index in [0.29, 0.717) is 0 Å². The molecular weight excluding hydrogens is 336 g/mol. The molecule has 27 heavy (non-hydrogen) atoms. The molecule has 0 bridgehead atoms. The molecule has 1 N–H and O–H groups in total. The van der Waals surface area contributed by atoms with Crippen molar-refractivity contribution < 1.29 is 9.90 Å². The zero-order chi connectivity index (χ0) is 18.8. The lowest BCUT2D eigenvalue weighted by atomic mass is 9.97. The van der Waals surface area contributed by atoms with Crippen molar-refractivity contribution in [3.8, 4) is 0 Å². The lowest BCUT2D eigenvalue weighted by molar-refractivity contribution is 0.0697. The summed E-state index contributed by atoms with van der Waals surface area (Å²) in [6.07, 6.45) is 0.799. The lowest BCUT2D eigenvalue weighted by Crippen LogP contribution is -2.18. The summed E-state index contributed by atoms with van der Waals surface area (Å²) in [4.78, 5) is 11.1. The first-order chi connectivity index (χ1) is 13.1. The van der Waals surface area contributed by atoms with Crippen molar-refractivity contribution in [1.82, 2.24) is 0 Å². The summed E-state index contributed by atoms with van der Waals surface area (Å²) >= 11 is 0. The number of rotatable bonds is 4. The number of carboxylic acids is 1. The van der Waals surface area contributed by atoms with E-state index in [0.717, 1.165) is 23.4 Å². The van der Waals surface area contributed by atoms with Gasteiger partial charge in [-0.25, -0.2) is 4.79 Å². The molecule has 4 rings (SSSR count). The molecule has 0 aromatic heterocycles. The van der Waals surface area contributed by atoms with Crippen LogP contribution in [-0.2, 0) is 0 Å². The minimum Gasteiger partial charge on any atom is -0.478 e. The Labute approximate surface area is 158 Å². The van der Waals surface area contributed by atoms with E-state index in [1.54, 1.807) is 12.1 Å². The standard InChI is InChI=1S/C23H20N2O2/c1-16-7-9-18(10-8-16)22-15-21(17-5-3-2-4-6-17)24-25(22)20-13-11-19(12-14-20)23(26)27/h2-14,22H,15H2,1H3,(H,26,27)/t22-/m0/s1. The van der Waals surface area contributed by atoms with E-state index < -0.39 is 5.97 Å². The molecule has 4 nitrogen and oxygen atoms in total. The van der Waals surface area contributed by atoms with Crippen LogP contribution >= 0.6 is 0 Å². The highest BCUT2D eigenvalue weighted by Gasteiger charge is 2.29. The van der Waals surface area contributed by atoms with Crippen molar-refractivity contribution in [2.75, 3.05) is 5.01 Å². The molecule has 134 valence electrons. The first-order valence-electron chi connectivity index (χ1n) is 8.94. The van der Waals surface area contributed by atoms with Crippen LogP contribution in [0.4, 0.5) is 5.69 Å². The lowest BCUT2D eigenvalue weighted by Gasteiger charge is -2.24. The maximum atomic E-state index is 11.1. The maximum Gasteiger partial charge on any atom is 0.335 e. The molecule has 1 atom stereocenters. The normalized spacial score (nSPS) is 16.3. The summed E-state index contributed by atoms with van der Waals surface area (Å²) in [6.45, 7) is 2.08. The second-order valence-electron chi connectivity index (χ2n) is 6.74. The van der Waals surface area contributed by atoms with Crippen LogP contribution in [0.3, 0.4) is 0 Å². The number of hydrogen-bond donors (Lipinski definition) is 1. The van der Waals surface area contributed by atoms with Crippen LogP contribution in [0.2, 0.25) is 0 Å². The summed E-state index contributed by atoms with van der Waals surface area (Å²) < 4.78 is 0. The molecule has 0 amide bonds. The van der Waals surface area contributed by atoms with Crippen LogP contribution in [0.1, 0.15) is 39.5 Å². The Morgan fingerprint density at radius 3 is 2.26 bits per heavy atom. The van der Waals surface area contributed by atoms with E-state index in [2.05, 4.69) is 43.3 Å². The predicted octanol–water partition coefficient (Wildman–Crippen LogP) is 5.05. The molecule has 0 aliphatic carbocycles. The molecule has 0 fully saturated rings. The van der Waals surface area contributed by atoms with E-state index in [-0.39, 0.29) is 11.6 Å². The number of hydrogen-bond acceptors (Lipinski definition) is 3. The van der Waals surface area contributed by atoms with Crippen molar-refractivity contribution in [1.29, 1.82) is 0 Å².